The van der Waals surface area contributed by atoms with Crippen LogP contribution in [-0.4, -0.2) is 34.5 Å². The molecule has 0 aromatic heterocycles. The monoisotopic (exact) mass is 225 g/mol. The van der Waals surface area contributed by atoms with Crippen LogP contribution in [-0.2, 0) is 9.59 Å². The Bertz CT molecular complexity index is 281. The number of imide groups is 1. The minimum absolute atomic E-state index is 0.0385. The normalized spacial score (nSPS) is 31.0. The summed E-state index contributed by atoms with van der Waals surface area (Å²) in [5.41, 5.74) is 0. The number of fused-ring (bicyclic) bond motifs is 2. The molecule has 90 valence electrons. The molecular weight excluding hydrogens is 206 g/mol. The summed E-state index contributed by atoms with van der Waals surface area (Å²) in [4.78, 5) is 25.2. The first-order valence-corrected chi connectivity index (χ1v) is 6.16. The number of hydrogen-bond acceptors (Lipinski definition) is 3. The highest BCUT2D eigenvalue weighted by Crippen LogP contribution is 2.38. The van der Waals surface area contributed by atoms with E-state index in [0.29, 0.717) is 6.42 Å². The van der Waals surface area contributed by atoms with Gasteiger partial charge in [-0.3, -0.25) is 14.5 Å². The lowest BCUT2D eigenvalue weighted by Gasteiger charge is -2.31. The quantitative estimate of drug-likeness (QED) is 0.724. The average Bonchev–Trinajstić information content (AvgIpc) is 2.69. The molecule has 1 saturated carbocycles. The predicted octanol–water partition coefficient (Wildman–Crippen LogP) is 0.933. The summed E-state index contributed by atoms with van der Waals surface area (Å²) in [7, 11) is 0. The van der Waals surface area contributed by atoms with Gasteiger partial charge < -0.3 is 5.11 Å². The van der Waals surface area contributed by atoms with Gasteiger partial charge >= 0.3 is 0 Å². The van der Waals surface area contributed by atoms with Crippen molar-refractivity contribution in [1.29, 1.82) is 0 Å². The molecule has 3 atom stereocenters. The largest absolute Gasteiger partial charge is 0.391 e. The Morgan fingerprint density at radius 2 is 1.88 bits per heavy atom. The lowest BCUT2D eigenvalue weighted by atomic mass is 9.96. The molecule has 0 aromatic rings. The number of aliphatic hydroxyl groups excluding tert-OH is 1. The molecule has 0 radical (unpaired) electrons. The van der Waals surface area contributed by atoms with Crippen LogP contribution in [0.3, 0.4) is 0 Å². The molecule has 1 aliphatic heterocycles. The molecular formula is C12H19NO3. The van der Waals surface area contributed by atoms with E-state index in [1.807, 2.05) is 6.92 Å². The number of likely N-dealkylation sites (tertiary alicyclic amines) is 1. The molecule has 0 spiro atoms. The van der Waals surface area contributed by atoms with Crippen LogP contribution in [0.15, 0.2) is 0 Å². The summed E-state index contributed by atoms with van der Waals surface area (Å²) in [6.07, 6.45) is 3.37. The Labute approximate surface area is 95.6 Å². The number of aliphatic hydroxyl groups is 1. The second kappa shape index (κ2) is 4.53. The van der Waals surface area contributed by atoms with Crippen molar-refractivity contribution in [2.75, 3.05) is 6.54 Å². The van der Waals surface area contributed by atoms with E-state index in [1.54, 1.807) is 0 Å². The zero-order chi connectivity index (χ0) is 11.7. The van der Waals surface area contributed by atoms with Gasteiger partial charge in [-0.15, -0.1) is 0 Å². The highest BCUT2D eigenvalue weighted by Gasteiger charge is 2.45. The highest BCUT2D eigenvalue weighted by atomic mass is 16.3. The predicted molar refractivity (Wildman–Crippen MR) is 58.5 cm³/mol. The van der Waals surface area contributed by atoms with Crippen molar-refractivity contribution in [2.45, 2.75) is 45.1 Å². The Kier molecular flexibility index (Phi) is 3.28. The van der Waals surface area contributed by atoms with Crippen LogP contribution in [0.5, 0.6) is 0 Å². The van der Waals surface area contributed by atoms with E-state index in [9.17, 15) is 14.7 Å². The fourth-order valence-electron chi connectivity index (χ4n) is 2.79. The van der Waals surface area contributed by atoms with Crippen molar-refractivity contribution < 1.29 is 14.7 Å². The van der Waals surface area contributed by atoms with Crippen LogP contribution in [0, 0.1) is 11.8 Å². The van der Waals surface area contributed by atoms with Crippen molar-refractivity contribution >= 4 is 11.8 Å². The van der Waals surface area contributed by atoms with Crippen molar-refractivity contribution in [1.82, 2.24) is 4.90 Å². The van der Waals surface area contributed by atoms with Crippen molar-refractivity contribution in [3.63, 3.8) is 0 Å². The van der Waals surface area contributed by atoms with Crippen molar-refractivity contribution in [2.24, 2.45) is 11.8 Å². The van der Waals surface area contributed by atoms with Crippen LogP contribution >= 0.6 is 0 Å². The van der Waals surface area contributed by atoms with Gasteiger partial charge in [0.05, 0.1) is 12.6 Å². The average molecular weight is 225 g/mol. The van der Waals surface area contributed by atoms with Crippen LogP contribution in [0.25, 0.3) is 0 Å². The van der Waals surface area contributed by atoms with Gasteiger partial charge in [-0.2, -0.15) is 0 Å². The topological polar surface area (TPSA) is 57.6 Å². The summed E-state index contributed by atoms with van der Waals surface area (Å²) in [5, 5.41) is 9.68. The first-order chi connectivity index (χ1) is 7.63. The number of amides is 2. The van der Waals surface area contributed by atoms with E-state index in [1.165, 1.54) is 4.90 Å². The Hall–Kier alpha value is -0.900. The molecule has 1 heterocycles. The standard InChI is InChI=1S/C12H19NO3/c1-2-3-10(14)7-13-11(15)8-4-5-9(6-8)12(13)16/h8-10,14H,2-7H2,1H3. The zero-order valence-corrected chi connectivity index (χ0v) is 9.69. The molecule has 2 fully saturated rings. The molecule has 1 saturated heterocycles. The number of carbonyl (C=O) groups is 2. The third-order valence-corrected chi connectivity index (χ3v) is 3.68. The van der Waals surface area contributed by atoms with Gasteiger partial charge in [-0.25, -0.2) is 0 Å². The first-order valence-electron chi connectivity index (χ1n) is 6.16. The van der Waals surface area contributed by atoms with E-state index in [2.05, 4.69) is 0 Å². The van der Waals surface area contributed by atoms with E-state index in [0.717, 1.165) is 25.7 Å². The number of piperidine rings is 1. The Balaban J connectivity index is 2.02. The van der Waals surface area contributed by atoms with Crippen LogP contribution in [0.4, 0.5) is 0 Å². The molecule has 4 nitrogen and oxygen atoms in total. The summed E-state index contributed by atoms with van der Waals surface area (Å²) >= 11 is 0. The Morgan fingerprint density at radius 3 is 2.38 bits per heavy atom. The molecule has 1 aliphatic carbocycles. The smallest absolute Gasteiger partial charge is 0.232 e. The molecule has 1 N–H and O–H groups in total. The maximum Gasteiger partial charge on any atom is 0.232 e. The number of carbonyl (C=O) groups excluding carboxylic acids is 2. The number of hydrogen-bond donors (Lipinski definition) is 1. The van der Waals surface area contributed by atoms with Gasteiger partial charge in [0.25, 0.3) is 0 Å². The van der Waals surface area contributed by atoms with E-state index in [-0.39, 0.29) is 30.2 Å². The fraction of sp³-hybridized carbons (Fsp3) is 0.833. The summed E-state index contributed by atoms with van der Waals surface area (Å²) in [5.74, 6) is -0.0455. The minimum Gasteiger partial charge on any atom is -0.391 e. The van der Waals surface area contributed by atoms with Gasteiger partial charge in [0.2, 0.25) is 11.8 Å². The molecule has 2 bridgehead atoms. The summed E-state index contributed by atoms with van der Waals surface area (Å²) < 4.78 is 0. The lowest BCUT2D eigenvalue weighted by Crippen LogP contribution is -2.49. The van der Waals surface area contributed by atoms with E-state index < -0.39 is 6.10 Å². The van der Waals surface area contributed by atoms with Crippen LogP contribution in [0.1, 0.15) is 39.0 Å². The highest BCUT2D eigenvalue weighted by molar-refractivity contribution is 6.00. The molecule has 2 amide bonds. The molecule has 16 heavy (non-hydrogen) atoms. The van der Waals surface area contributed by atoms with Crippen LogP contribution < -0.4 is 0 Å². The second-order valence-electron chi connectivity index (χ2n) is 4.94. The lowest BCUT2D eigenvalue weighted by molar-refractivity contribution is -0.154. The molecule has 2 rings (SSSR count). The maximum absolute atomic E-state index is 11.9. The number of β-amino-alcohol motifs (C(OH)–C–C–N with tert-alkyl or cyclic N) is 1. The van der Waals surface area contributed by atoms with Gasteiger partial charge in [-0.1, -0.05) is 13.3 Å². The number of nitrogens with zero attached hydrogens (tertiary/aromatic N) is 1. The maximum atomic E-state index is 11.9. The first kappa shape index (κ1) is 11.6. The van der Waals surface area contributed by atoms with Gasteiger partial charge in [0.1, 0.15) is 0 Å². The van der Waals surface area contributed by atoms with Gasteiger partial charge in [0.15, 0.2) is 0 Å². The van der Waals surface area contributed by atoms with Gasteiger partial charge in [-0.05, 0) is 25.7 Å². The summed E-state index contributed by atoms with van der Waals surface area (Å²) in [6, 6.07) is 0. The SMILES string of the molecule is CCCC(O)CN1C(=O)C2CCC(C2)C1=O. The molecule has 4 heteroatoms. The van der Waals surface area contributed by atoms with Gasteiger partial charge in [0, 0.05) is 11.8 Å². The summed E-state index contributed by atoms with van der Waals surface area (Å²) in [6.45, 7) is 2.17. The van der Waals surface area contributed by atoms with Crippen LogP contribution in [0.2, 0.25) is 0 Å². The zero-order valence-electron chi connectivity index (χ0n) is 9.69. The van der Waals surface area contributed by atoms with E-state index in [4.69, 9.17) is 0 Å². The number of rotatable bonds is 4. The third-order valence-electron chi connectivity index (χ3n) is 3.68. The molecule has 2 aliphatic rings. The van der Waals surface area contributed by atoms with Crippen molar-refractivity contribution in [3.05, 3.63) is 0 Å². The molecule has 0 aromatic carbocycles. The third kappa shape index (κ3) is 1.98. The van der Waals surface area contributed by atoms with Crippen molar-refractivity contribution in [3.8, 4) is 0 Å². The second-order valence-corrected chi connectivity index (χ2v) is 4.94. The van der Waals surface area contributed by atoms with E-state index >= 15 is 0 Å². The minimum atomic E-state index is -0.560. The fourth-order valence-corrected chi connectivity index (χ4v) is 2.79. The Morgan fingerprint density at radius 1 is 1.31 bits per heavy atom. The molecule has 3 unspecified atom stereocenters.